The average molecular weight is 286 g/mol. The average Bonchev–Trinajstić information content (AvgIpc) is 2.53. The Morgan fingerprint density at radius 2 is 1.90 bits per heavy atom. The van der Waals surface area contributed by atoms with Gasteiger partial charge in [-0.25, -0.2) is 0 Å². The second kappa shape index (κ2) is 5.12. The number of hydrogen-bond acceptors (Lipinski definition) is 1. The smallest absolute Gasteiger partial charge is 0.0721 e. The molecule has 0 bridgehead atoms. The van der Waals surface area contributed by atoms with Crippen molar-refractivity contribution in [2.75, 3.05) is 0 Å². The van der Waals surface area contributed by atoms with Crippen LogP contribution in [0, 0.1) is 11.3 Å². The van der Waals surface area contributed by atoms with Gasteiger partial charge in [-0.2, -0.15) is 0 Å². The molecular formula is C20H30O. The Kier molecular flexibility index (Phi) is 3.68. The first-order chi connectivity index (χ1) is 9.82. The fourth-order valence-electron chi connectivity index (χ4n) is 4.84. The van der Waals surface area contributed by atoms with Crippen molar-refractivity contribution in [1.82, 2.24) is 0 Å². The van der Waals surface area contributed by atoms with E-state index in [2.05, 4.69) is 45.9 Å². The van der Waals surface area contributed by atoms with Crippen LogP contribution in [0.15, 0.2) is 18.2 Å². The molecule has 1 nitrogen and oxygen atoms in total. The number of aryl methyl sites for hydroxylation is 1. The van der Waals surface area contributed by atoms with Crippen molar-refractivity contribution >= 4 is 0 Å². The Labute approximate surface area is 129 Å². The van der Waals surface area contributed by atoms with Gasteiger partial charge < -0.3 is 5.11 Å². The summed E-state index contributed by atoms with van der Waals surface area (Å²) in [7, 11) is 0. The van der Waals surface area contributed by atoms with Crippen LogP contribution in [-0.2, 0) is 12.8 Å². The lowest BCUT2D eigenvalue weighted by molar-refractivity contribution is -0.102. The first-order valence-electron chi connectivity index (χ1n) is 8.66. The van der Waals surface area contributed by atoms with E-state index in [9.17, 15) is 5.11 Å². The fraction of sp³-hybridized carbons (Fsp3) is 0.700. The molecule has 116 valence electrons. The largest absolute Gasteiger partial charge is 0.389 e. The molecule has 2 atom stereocenters. The summed E-state index contributed by atoms with van der Waals surface area (Å²) >= 11 is 0. The van der Waals surface area contributed by atoms with Gasteiger partial charge in [0.05, 0.1) is 5.60 Å². The molecule has 0 aromatic heterocycles. The van der Waals surface area contributed by atoms with Crippen LogP contribution in [0.1, 0.15) is 76.0 Å². The highest BCUT2D eigenvalue weighted by Gasteiger charge is 2.49. The molecule has 0 radical (unpaired) electrons. The standard InChI is InChI=1S/C20H30O/c1-14(2)15-6-7-17-13-20(21)11-5-10-19(3,4)18(20)9-8-16(17)12-15/h6-7,12,14,18,21H,5,8-11,13H2,1-4H3. The van der Waals surface area contributed by atoms with Crippen LogP contribution in [0.25, 0.3) is 0 Å². The zero-order chi connectivity index (χ0) is 15.3. The van der Waals surface area contributed by atoms with E-state index in [4.69, 9.17) is 0 Å². The Balaban J connectivity index is 1.97. The van der Waals surface area contributed by atoms with E-state index in [0.717, 1.165) is 25.7 Å². The van der Waals surface area contributed by atoms with Crippen LogP contribution < -0.4 is 0 Å². The molecule has 0 amide bonds. The fourth-order valence-corrected chi connectivity index (χ4v) is 4.84. The maximum absolute atomic E-state index is 11.3. The van der Waals surface area contributed by atoms with Crippen LogP contribution in [0.3, 0.4) is 0 Å². The van der Waals surface area contributed by atoms with Crippen LogP contribution in [-0.4, -0.2) is 10.7 Å². The molecule has 0 heterocycles. The lowest BCUT2D eigenvalue weighted by Gasteiger charge is -2.49. The van der Waals surface area contributed by atoms with Gasteiger partial charge in [0.15, 0.2) is 0 Å². The third-order valence-corrected chi connectivity index (χ3v) is 6.12. The lowest BCUT2D eigenvalue weighted by atomic mass is 9.59. The molecule has 0 aliphatic heterocycles. The van der Waals surface area contributed by atoms with Gasteiger partial charge in [0.2, 0.25) is 0 Å². The van der Waals surface area contributed by atoms with Gasteiger partial charge in [0.1, 0.15) is 0 Å². The molecule has 1 heteroatoms. The quantitative estimate of drug-likeness (QED) is 0.782. The Morgan fingerprint density at radius 3 is 2.62 bits per heavy atom. The van der Waals surface area contributed by atoms with Gasteiger partial charge in [-0.1, -0.05) is 52.3 Å². The zero-order valence-electron chi connectivity index (χ0n) is 14.1. The van der Waals surface area contributed by atoms with Gasteiger partial charge in [0.25, 0.3) is 0 Å². The van der Waals surface area contributed by atoms with Gasteiger partial charge in [0, 0.05) is 6.42 Å². The summed E-state index contributed by atoms with van der Waals surface area (Å²) in [5.41, 5.74) is 4.11. The molecule has 2 unspecified atom stereocenters. The van der Waals surface area contributed by atoms with Crippen LogP contribution in [0.4, 0.5) is 0 Å². The number of fused-ring (bicyclic) bond motifs is 2. The van der Waals surface area contributed by atoms with Crippen molar-refractivity contribution in [1.29, 1.82) is 0 Å². The van der Waals surface area contributed by atoms with Gasteiger partial charge in [-0.15, -0.1) is 0 Å². The minimum Gasteiger partial charge on any atom is -0.389 e. The third kappa shape index (κ3) is 2.65. The number of hydrogen-bond donors (Lipinski definition) is 1. The molecule has 1 aromatic carbocycles. The molecular weight excluding hydrogens is 256 g/mol. The van der Waals surface area contributed by atoms with Crippen LogP contribution >= 0.6 is 0 Å². The second-order valence-electron chi connectivity index (χ2n) is 8.40. The monoisotopic (exact) mass is 286 g/mol. The maximum atomic E-state index is 11.3. The van der Waals surface area contributed by atoms with Gasteiger partial charge in [-0.05, 0) is 59.6 Å². The van der Waals surface area contributed by atoms with E-state index < -0.39 is 5.60 Å². The summed E-state index contributed by atoms with van der Waals surface area (Å²) in [5, 5.41) is 11.3. The zero-order valence-corrected chi connectivity index (χ0v) is 14.1. The molecule has 0 spiro atoms. The van der Waals surface area contributed by atoms with E-state index in [1.165, 1.54) is 29.5 Å². The summed E-state index contributed by atoms with van der Waals surface area (Å²) in [6, 6.07) is 6.95. The highest BCUT2D eigenvalue weighted by molar-refractivity contribution is 5.36. The van der Waals surface area contributed by atoms with E-state index in [1.807, 2.05) is 0 Å². The number of aliphatic hydroxyl groups is 1. The van der Waals surface area contributed by atoms with E-state index in [-0.39, 0.29) is 5.41 Å². The number of rotatable bonds is 1. The number of benzene rings is 1. The predicted molar refractivity (Wildman–Crippen MR) is 88.6 cm³/mol. The first-order valence-corrected chi connectivity index (χ1v) is 8.66. The molecule has 0 saturated heterocycles. The van der Waals surface area contributed by atoms with Gasteiger partial charge >= 0.3 is 0 Å². The van der Waals surface area contributed by atoms with Crippen LogP contribution in [0.5, 0.6) is 0 Å². The molecule has 1 fully saturated rings. The molecule has 2 aliphatic rings. The molecule has 1 saturated carbocycles. The summed E-state index contributed by atoms with van der Waals surface area (Å²) < 4.78 is 0. The highest BCUT2D eigenvalue weighted by atomic mass is 16.3. The molecule has 2 aliphatic carbocycles. The second-order valence-corrected chi connectivity index (χ2v) is 8.40. The summed E-state index contributed by atoms with van der Waals surface area (Å²) in [5.74, 6) is 1.02. The van der Waals surface area contributed by atoms with Crippen LogP contribution in [0.2, 0.25) is 0 Å². The molecule has 3 rings (SSSR count). The van der Waals surface area contributed by atoms with Crippen molar-refractivity contribution in [3.8, 4) is 0 Å². The maximum Gasteiger partial charge on any atom is 0.0721 e. The Morgan fingerprint density at radius 1 is 1.14 bits per heavy atom. The van der Waals surface area contributed by atoms with Gasteiger partial charge in [-0.3, -0.25) is 0 Å². The summed E-state index contributed by atoms with van der Waals surface area (Å²) in [6.07, 6.45) is 6.53. The Hall–Kier alpha value is -0.820. The van der Waals surface area contributed by atoms with E-state index >= 15 is 0 Å². The summed E-state index contributed by atoms with van der Waals surface area (Å²) in [4.78, 5) is 0. The minimum atomic E-state index is -0.480. The lowest BCUT2D eigenvalue weighted by Crippen LogP contribution is -2.49. The van der Waals surface area contributed by atoms with Crippen molar-refractivity contribution in [3.05, 3.63) is 34.9 Å². The molecule has 1 aromatic rings. The summed E-state index contributed by atoms with van der Waals surface area (Å²) in [6.45, 7) is 9.23. The third-order valence-electron chi connectivity index (χ3n) is 6.12. The van der Waals surface area contributed by atoms with Crippen molar-refractivity contribution < 1.29 is 5.11 Å². The normalized spacial score (nSPS) is 31.4. The van der Waals surface area contributed by atoms with Crippen molar-refractivity contribution in [2.24, 2.45) is 11.3 Å². The molecule has 1 N–H and O–H groups in total. The van der Waals surface area contributed by atoms with E-state index in [1.54, 1.807) is 0 Å². The predicted octanol–water partition coefficient (Wildman–Crippen LogP) is 4.86. The Bertz CT molecular complexity index is 529. The molecule has 21 heavy (non-hydrogen) atoms. The van der Waals surface area contributed by atoms with Crippen molar-refractivity contribution in [3.63, 3.8) is 0 Å². The minimum absolute atomic E-state index is 0.274. The SMILES string of the molecule is CC(C)c1ccc2c(c1)CCC1C(C)(C)CCCC1(O)C2. The van der Waals surface area contributed by atoms with E-state index in [0.29, 0.717) is 11.8 Å². The van der Waals surface area contributed by atoms with Crippen molar-refractivity contribution in [2.45, 2.75) is 77.7 Å². The first kappa shape index (κ1) is 15.1. The topological polar surface area (TPSA) is 20.2 Å². The highest BCUT2D eigenvalue weighted by Crippen LogP contribution is 2.51.